The molecule has 2 aromatic heterocycles. The molecule has 10 heteroatoms. The molecule has 5 rings (SSSR count). The van der Waals surface area contributed by atoms with Crippen molar-refractivity contribution in [3.8, 4) is 0 Å². The fourth-order valence-electron chi connectivity index (χ4n) is 4.02. The Morgan fingerprint density at radius 1 is 1.15 bits per heavy atom. The maximum Gasteiger partial charge on any atom is 0.322 e. The number of aryl methyl sites for hydroxylation is 1. The molecular formula is C24H26N8O2. The Morgan fingerprint density at radius 3 is 2.82 bits per heavy atom. The summed E-state index contributed by atoms with van der Waals surface area (Å²) in [5.41, 5.74) is 7.53. The first-order valence-corrected chi connectivity index (χ1v) is 11.2. The first kappa shape index (κ1) is 21.8. The summed E-state index contributed by atoms with van der Waals surface area (Å²) in [4.78, 5) is 30.3. The highest BCUT2D eigenvalue weighted by Gasteiger charge is 2.31. The normalized spacial score (nSPS) is 15.4. The van der Waals surface area contributed by atoms with Crippen LogP contribution in [0.4, 0.5) is 22.2 Å². The molecule has 0 saturated carbocycles. The Balaban J connectivity index is 1.37. The summed E-state index contributed by atoms with van der Waals surface area (Å²) in [5, 5.41) is 7.22. The second-order valence-electron chi connectivity index (χ2n) is 8.21. The number of carbonyl (C=O) groups excluding carboxylic acids is 1. The molecule has 1 aromatic carbocycles. The summed E-state index contributed by atoms with van der Waals surface area (Å²) in [5.74, 6) is 1.22. The Hall–Kier alpha value is -4.05. The topological polar surface area (TPSA) is 108 Å². The minimum absolute atomic E-state index is 0.203. The molecule has 3 aromatic rings. The van der Waals surface area contributed by atoms with E-state index < -0.39 is 0 Å². The van der Waals surface area contributed by atoms with E-state index in [1.165, 1.54) is 0 Å². The second kappa shape index (κ2) is 9.84. The fraction of sp³-hybridized carbons (Fsp3) is 0.292. The number of nitrogens with zero attached hydrogens (tertiary/aromatic N) is 6. The molecule has 0 atom stereocenters. The maximum absolute atomic E-state index is 12.9. The predicted molar refractivity (Wildman–Crippen MR) is 130 cm³/mol. The Kier molecular flexibility index (Phi) is 6.30. The van der Waals surface area contributed by atoms with Crippen molar-refractivity contribution < 1.29 is 9.53 Å². The lowest BCUT2D eigenvalue weighted by atomic mass is 10.2. The smallest absolute Gasteiger partial charge is 0.322 e. The van der Waals surface area contributed by atoms with Crippen LogP contribution in [-0.4, -0.2) is 58.4 Å². The number of aromatic nitrogens is 3. The number of fused-ring (bicyclic) bond motifs is 1. The Labute approximate surface area is 197 Å². The zero-order valence-corrected chi connectivity index (χ0v) is 18.9. The van der Waals surface area contributed by atoms with E-state index in [0.717, 1.165) is 41.3 Å². The number of urea groups is 1. The highest BCUT2D eigenvalue weighted by Crippen LogP contribution is 2.31. The number of benzene rings is 1. The monoisotopic (exact) mass is 458 g/mol. The standard InChI is InChI=1S/C24H26N8O2/c1-17-4-2-5-18(12-17)13-26-30-23-28-21-16-32(24(33)27-19-6-3-7-25-14-19)15-20(21)22(29-23)31-8-10-34-11-9-31/h2-7,12-14H,8-11,15-16H2,1H3,(H,27,33)(H,28,29,30)/b26-13+. The third-order valence-electron chi connectivity index (χ3n) is 5.69. The minimum Gasteiger partial charge on any atom is -0.378 e. The van der Waals surface area contributed by atoms with Gasteiger partial charge in [0.1, 0.15) is 5.82 Å². The first-order valence-electron chi connectivity index (χ1n) is 11.2. The van der Waals surface area contributed by atoms with Crippen LogP contribution in [0.1, 0.15) is 22.4 Å². The van der Waals surface area contributed by atoms with Crippen LogP contribution in [0, 0.1) is 6.92 Å². The third kappa shape index (κ3) is 4.96. The summed E-state index contributed by atoms with van der Waals surface area (Å²) in [6, 6.07) is 11.5. The number of hydrogen-bond acceptors (Lipinski definition) is 8. The van der Waals surface area contributed by atoms with E-state index in [0.29, 0.717) is 37.9 Å². The molecule has 0 bridgehead atoms. The van der Waals surface area contributed by atoms with E-state index in [-0.39, 0.29) is 6.03 Å². The summed E-state index contributed by atoms with van der Waals surface area (Å²) >= 11 is 0. The SMILES string of the molecule is Cc1cccc(/C=N/Nc2nc3c(c(N4CCOCC4)n2)CN(C(=O)Nc2cccnc2)C3)c1. The molecule has 0 spiro atoms. The highest BCUT2D eigenvalue weighted by atomic mass is 16.5. The van der Waals surface area contributed by atoms with Crippen molar-refractivity contribution in [1.82, 2.24) is 19.9 Å². The van der Waals surface area contributed by atoms with Crippen molar-refractivity contribution in [2.24, 2.45) is 5.10 Å². The summed E-state index contributed by atoms with van der Waals surface area (Å²) in [6.45, 7) is 5.60. The van der Waals surface area contributed by atoms with Crippen molar-refractivity contribution in [2.75, 3.05) is 41.9 Å². The first-order chi connectivity index (χ1) is 16.7. The van der Waals surface area contributed by atoms with Gasteiger partial charge in [0.25, 0.3) is 0 Å². The molecule has 0 unspecified atom stereocenters. The van der Waals surface area contributed by atoms with Crippen molar-refractivity contribution in [1.29, 1.82) is 0 Å². The molecule has 34 heavy (non-hydrogen) atoms. The van der Waals surface area contributed by atoms with E-state index >= 15 is 0 Å². The van der Waals surface area contributed by atoms with E-state index in [4.69, 9.17) is 9.72 Å². The summed E-state index contributed by atoms with van der Waals surface area (Å²) in [7, 11) is 0. The lowest BCUT2D eigenvalue weighted by molar-refractivity contribution is 0.122. The van der Waals surface area contributed by atoms with Gasteiger partial charge in [0.05, 0.1) is 50.1 Å². The van der Waals surface area contributed by atoms with Crippen molar-refractivity contribution in [3.05, 3.63) is 71.2 Å². The van der Waals surface area contributed by atoms with Crippen LogP contribution in [-0.2, 0) is 17.8 Å². The van der Waals surface area contributed by atoms with Gasteiger partial charge in [-0.3, -0.25) is 4.98 Å². The average molecular weight is 459 g/mol. The zero-order valence-electron chi connectivity index (χ0n) is 18.9. The van der Waals surface area contributed by atoms with Crippen LogP contribution in [0.15, 0.2) is 53.9 Å². The van der Waals surface area contributed by atoms with Crippen LogP contribution in [0.3, 0.4) is 0 Å². The average Bonchev–Trinajstić information content (AvgIpc) is 3.29. The molecule has 4 heterocycles. The molecule has 174 valence electrons. The number of anilines is 3. The molecule has 0 radical (unpaired) electrons. The van der Waals surface area contributed by atoms with Gasteiger partial charge in [-0.15, -0.1) is 0 Å². The van der Waals surface area contributed by atoms with E-state index in [1.807, 2.05) is 31.2 Å². The third-order valence-corrected chi connectivity index (χ3v) is 5.69. The molecular weight excluding hydrogens is 432 g/mol. The molecule has 1 fully saturated rings. The zero-order chi connectivity index (χ0) is 23.3. The van der Waals surface area contributed by atoms with Gasteiger partial charge in [-0.25, -0.2) is 15.2 Å². The van der Waals surface area contributed by atoms with Crippen LogP contribution in [0.2, 0.25) is 0 Å². The lowest BCUT2D eigenvalue weighted by Gasteiger charge is -2.29. The van der Waals surface area contributed by atoms with Gasteiger partial charge in [-0.05, 0) is 24.6 Å². The minimum atomic E-state index is -0.203. The number of rotatable bonds is 5. The van der Waals surface area contributed by atoms with Gasteiger partial charge in [0.2, 0.25) is 5.95 Å². The summed E-state index contributed by atoms with van der Waals surface area (Å²) < 4.78 is 5.52. The number of ether oxygens (including phenoxy) is 1. The van der Waals surface area contributed by atoms with Crippen LogP contribution < -0.4 is 15.6 Å². The number of hydrazone groups is 1. The molecule has 2 aliphatic heterocycles. The second-order valence-corrected chi connectivity index (χ2v) is 8.21. The van der Waals surface area contributed by atoms with Gasteiger partial charge in [0.15, 0.2) is 0 Å². The number of pyridine rings is 1. The number of carbonyl (C=O) groups is 1. The van der Waals surface area contributed by atoms with Crippen LogP contribution in [0.25, 0.3) is 0 Å². The molecule has 2 N–H and O–H groups in total. The van der Waals surface area contributed by atoms with Crippen LogP contribution in [0.5, 0.6) is 0 Å². The number of hydrogen-bond donors (Lipinski definition) is 2. The van der Waals surface area contributed by atoms with Crippen molar-refractivity contribution >= 4 is 29.7 Å². The Bertz CT molecular complexity index is 1190. The van der Waals surface area contributed by atoms with Gasteiger partial charge in [-0.2, -0.15) is 10.1 Å². The largest absolute Gasteiger partial charge is 0.378 e. The highest BCUT2D eigenvalue weighted by molar-refractivity contribution is 5.89. The molecule has 0 aliphatic carbocycles. The number of amides is 2. The van der Waals surface area contributed by atoms with Gasteiger partial charge < -0.3 is 19.9 Å². The fourth-order valence-corrected chi connectivity index (χ4v) is 4.02. The quantitative estimate of drug-likeness (QED) is 0.447. The number of nitrogens with one attached hydrogen (secondary N) is 2. The van der Waals surface area contributed by atoms with Gasteiger partial charge >= 0.3 is 6.03 Å². The number of morpholine rings is 1. The predicted octanol–water partition coefficient (Wildman–Crippen LogP) is 3.01. The molecule has 2 amide bonds. The van der Waals surface area contributed by atoms with E-state index in [1.54, 1.807) is 35.6 Å². The van der Waals surface area contributed by atoms with Gasteiger partial charge in [-0.1, -0.05) is 29.8 Å². The van der Waals surface area contributed by atoms with Gasteiger partial charge in [0, 0.05) is 24.8 Å². The summed E-state index contributed by atoms with van der Waals surface area (Å²) in [6.07, 6.45) is 5.03. The maximum atomic E-state index is 12.9. The van der Waals surface area contributed by atoms with Crippen molar-refractivity contribution in [2.45, 2.75) is 20.0 Å². The van der Waals surface area contributed by atoms with Crippen LogP contribution >= 0.6 is 0 Å². The van der Waals surface area contributed by atoms with Crippen molar-refractivity contribution in [3.63, 3.8) is 0 Å². The molecule has 2 aliphatic rings. The lowest BCUT2D eigenvalue weighted by Crippen LogP contribution is -2.37. The van der Waals surface area contributed by atoms with E-state index in [9.17, 15) is 4.79 Å². The Morgan fingerprint density at radius 2 is 2.03 bits per heavy atom. The molecule has 10 nitrogen and oxygen atoms in total. The molecule has 1 saturated heterocycles. The van der Waals surface area contributed by atoms with E-state index in [2.05, 4.69) is 30.7 Å².